The van der Waals surface area contributed by atoms with Crippen molar-refractivity contribution in [2.75, 3.05) is 13.1 Å². The Hall–Kier alpha value is -2.38. The van der Waals surface area contributed by atoms with Gasteiger partial charge in [0.05, 0.1) is 5.92 Å². The summed E-state index contributed by atoms with van der Waals surface area (Å²) < 4.78 is 1.12. The van der Waals surface area contributed by atoms with Gasteiger partial charge in [0.2, 0.25) is 5.91 Å². The number of nitrogens with zero attached hydrogens (tertiary/aromatic N) is 2. The van der Waals surface area contributed by atoms with Crippen LogP contribution in [0.1, 0.15) is 12.8 Å². The molecule has 0 bridgehead atoms. The third kappa shape index (κ3) is 2.81. The van der Waals surface area contributed by atoms with Gasteiger partial charge in [-0.2, -0.15) is 0 Å². The van der Waals surface area contributed by atoms with E-state index >= 15 is 0 Å². The van der Waals surface area contributed by atoms with Crippen LogP contribution in [0.15, 0.2) is 21.9 Å². The maximum Gasteiger partial charge on any atom is 0.328 e. The maximum absolute atomic E-state index is 12.3. The molecule has 0 aromatic carbocycles. The molecule has 1 aliphatic carbocycles. The number of nitrogens with one attached hydrogen (secondary N) is 1. The minimum atomic E-state index is -0.867. The van der Waals surface area contributed by atoms with Gasteiger partial charge in [-0.3, -0.25) is 23.9 Å². The van der Waals surface area contributed by atoms with E-state index in [1.165, 1.54) is 17.2 Å². The monoisotopic (exact) mass is 307 g/mol. The lowest BCUT2D eigenvalue weighted by atomic mass is 9.92. The van der Waals surface area contributed by atoms with Crippen LogP contribution in [0.25, 0.3) is 0 Å². The maximum atomic E-state index is 12.3. The number of aromatic amines is 1. The molecule has 1 aromatic heterocycles. The number of likely N-dealkylation sites (tertiary alicyclic amines) is 1. The lowest BCUT2D eigenvalue weighted by Crippen LogP contribution is -2.37. The summed E-state index contributed by atoms with van der Waals surface area (Å²) in [5.41, 5.74) is -1.16. The fraction of sp³-hybridized carbons (Fsp3) is 0.571. The van der Waals surface area contributed by atoms with Gasteiger partial charge in [0.1, 0.15) is 6.54 Å². The van der Waals surface area contributed by atoms with Crippen LogP contribution in [-0.2, 0) is 16.1 Å². The fourth-order valence-corrected chi connectivity index (χ4v) is 3.11. The fourth-order valence-electron chi connectivity index (χ4n) is 3.11. The SMILES string of the molecule is O=C(O)[C@H]1CN(C(=O)Cn2ccc(=O)[nH]c2=O)C[C@@H]1C1CC1. The zero-order valence-electron chi connectivity index (χ0n) is 11.9. The molecule has 1 aromatic rings. The number of carbonyl (C=O) groups excluding carboxylic acids is 1. The molecule has 2 atom stereocenters. The third-order valence-electron chi connectivity index (χ3n) is 4.46. The Bertz CT molecular complexity index is 718. The van der Waals surface area contributed by atoms with E-state index in [1.807, 2.05) is 0 Å². The first-order valence-electron chi connectivity index (χ1n) is 7.26. The highest BCUT2D eigenvalue weighted by Gasteiger charge is 2.46. The molecule has 2 N–H and O–H groups in total. The second-order valence-corrected chi connectivity index (χ2v) is 5.98. The van der Waals surface area contributed by atoms with Crippen LogP contribution in [0.3, 0.4) is 0 Å². The predicted octanol–water partition coefficient (Wildman–Crippen LogP) is -0.894. The molecule has 2 aliphatic rings. The minimum Gasteiger partial charge on any atom is -0.481 e. The number of H-pyrrole nitrogens is 1. The summed E-state index contributed by atoms with van der Waals surface area (Å²) >= 11 is 0. The lowest BCUT2D eigenvalue weighted by molar-refractivity contribution is -0.142. The van der Waals surface area contributed by atoms with E-state index in [0.717, 1.165) is 17.4 Å². The van der Waals surface area contributed by atoms with Crippen molar-refractivity contribution in [2.45, 2.75) is 19.4 Å². The van der Waals surface area contributed by atoms with Gasteiger partial charge in [-0.1, -0.05) is 0 Å². The van der Waals surface area contributed by atoms with Crippen molar-refractivity contribution in [3.8, 4) is 0 Å². The standard InChI is InChI=1S/C14H17N3O5/c18-11-3-4-16(14(22)15-11)7-12(19)17-5-9(8-1-2-8)10(6-17)13(20)21/h3-4,8-10H,1-2,5-7H2,(H,20,21)(H,15,18,22)/t9-,10+/m1/s1. The summed E-state index contributed by atoms with van der Waals surface area (Å²) in [6.07, 6.45) is 3.31. The third-order valence-corrected chi connectivity index (χ3v) is 4.46. The van der Waals surface area contributed by atoms with Crippen LogP contribution in [0.5, 0.6) is 0 Å². The van der Waals surface area contributed by atoms with Crippen LogP contribution in [0.4, 0.5) is 0 Å². The summed E-state index contributed by atoms with van der Waals surface area (Å²) in [4.78, 5) is 49.8. The van der Waals surface area contributed by atoms with Gasteiger partial charge in [0.15, 0.2) is 0 Å². The lowest BCUT2D eigenvalue weighted by Gasteiger charge is -2.16. The number of carboxylic acid groups (broad SMARTS) is 1. The summed E-state index contributed by atoms with van der Waals surface area (Å²) in [5.74, 6) is -1.29. The summed E-state index contributed by atoms with van der Waals surface area (Å²) in [5, 5.41) is 9.29. The Labute approximate surface area is 125 Å². The number of aliphatic carboxylic acids is 1. The van der Waals surface area contributed by atoms with Gasteiger partial charge >= 0.3 is 11.7 Å². The molecule has 1 saturated heterocycles. The van der Waals surface area contributed by atoms with Gasteiger partial charge in [0, 0.05) is 25.4 Å². The number of hydrogen-bond acceptors (Lipinski definition) is 4. The summed E-state index contributed by atoms with van der Waals surface area (Å²) in [7, 11) is 0. The van der Waals surface area contributed by atoms with E-state index in [-0.39, 0.29) is 24.9 Å². The molecule has 0 spiro atoms. The van der Waals surface area contributed by atoms with E-state index in [9.17, 15) is 24.3 Å². The number of rotatable bonds is 4. The molecule has 0 unspecified atom stereocenters. The number of aromatic nitrogens is 2. The highest BCUT2D eigenvalue weighted by atomic mass is 16.4. The second kappa shape index (κ2) is 5.43. The van der Waals surface area contributed by atoms with Gasteiger partial charge in [-0.25, -0.2) is 4.79 Å². The van der Waals surface area contributed by atoms with Crippen molar-refractivity contribution >= 4 is 11.9 Å². The number of hydrogen-bond donors (Lipinski definition) is 2. The molecular formula is C14H17N3O5. The Kier molecular flexibility index (Phi) is 3.59. The number of amides is 1. The van der Waals surface area contributed by atoms with Crippen molar-refractivity contribution in [3.05, 3.63) is 33.1 Å². The number of carbonyl (C=O) groups is 2. The predicted molar refractivity (Wildman–Crippen MR) is 75.2 cm³/mol. The Balaban J connectivity index is 1.71. The highest BCUT2D eigenvalue weighted by Crippen LogP contribution is 2.44. The van der Waals surface area contributed by atoms with Crippen molar-refractivity contribution in [3.63, 3.8) is 0 Å². The van der Waals surface area contributed by atoms with Crippen LogP contribution < -0.4 is 11.2 Å². The van der Waals surface area contributed by atoms with E-state index in [1.54, 1.807) is 0 Å². The minimum absolute atomic E-state index is 0.00810. The zero-order chi connectivity index (χ0) is 15.9. The first kappa shape index (κ1) is 14.6. The first-order valence-corrected chi connectivity index (χ1v) is 7.26. The van der Waals surface area contributed by atoms with E-state index in [2.05, 4.69) is 4.98 Å². The average Bonchev–Trinajstić information content (AvgIpc) is 3.20. The average molecular weight is 307 g/mol. The second-order valence-electron chi connectivity index (χ2n) is 5.98. The van der Waals surface area contributed by atoms with Gasteiger partial charge in [-0.05, 0) is 24.7 Å². The quantitative estimate of drug-likeness (QED) is 0.749. The van der Waals surface area contributed by atoms with Crippen molar-refractivity contribution in [1.82, 2.24) is 14.5 Å². The molecule has 1 amide bonds. The molecule has 2 heterocycles. The van der Waals surface area contributed by atoms with Gasteiger partial charge < -0.3 is 10.0 Å². The number of carboxylic acids is 1. The summed E-state index contributed by atoms with van der Waals surface area (Å²) in [6.45, 7) is 0.422. The Morgan fingerprint density at radius 2 is 2.00 bits per heavy atom. The first-order chi connectivity index (χ1) is 10.5. The summed E-state index contributed by atoms with van der Waals surface area (Å²) in [6, 6.07) is 1.17. The van der Waals surface area contributed by atoms with Crippen molar-refractivity contribution < 1.29 is 14.7 Å². The molecule has 2 fully saturated rings. The molecule has 0 radical (unpaired) electrons. The topological polar surface area (TPSA) is 112 Å². The van der Waals surface area contributed by atoms with Crippen LogP contribution in [0.2, 0.25) is 0 Å². The normalized spacial score (nSPS) is 24.5. The molecule has 8 heteroatoms. The van der Waals surface area contributed by atoms with Gasteiger partial charge in [-0.15, -0.1) is 0 Å². The van der Waals surface area contributed by atoms with E-state index in [4.69, 9.17) is 0 Å². The zero-order valence-corrected chi connectivity index (χ0v) is 11.9. The highest BCUT2D eigenvalue weighted by molar-refractivity contribution is 5.79. The van der Waals surface area contributed by atoms with Crippen LogP contribution >= 0.6 is 0 Å². The molecular weight excluding hydrogens is 290 g/mol. The van der Waals surface area contributed by atoms with Gasteiger partial charge in [0.25, 0.3) is 5.56 Å². The van der Waals surface area contributed by atoms with E-state index in [0.29, 0.717) is 12.5 Å². The molecule has 8 nitrogen and oxygen atoms in total. The van der Waals surface area contributed by atoms with Crippen LogP contribution in [-0.4, -0.2) is 44.5 Å². The largest absolute Gasteiger partial charge is 0.481 e. The molecule has 1 aliphatic heterocycles. The molecule has 22 heavy (non-hydrogen) atoms. The molecule has 1 saturated carbocycles. The smallest absolute Gasteiger partial charge is 0.328 e. The molecule has 3 rings (SSSR count). The van der Waals surface area contributed by atoms with Crippen molar-refractivity contribution in [1.29, 1.82) is 0 Å². The molecule has 118 valence electrons. The Morgan fingerprint density at radius 3 is 2.59 bits per heavy atom. The van der Waals surface area contributed by atoms with Crippen LogP contribution in [0, 0.1) is 17.8 Å². The van der Waals surface area contributed by atoms with Crippen molar-refractivity contribution in [2.24, 2.45) is 17.8 Å². The Morgan fingerprint density at radius 1 is 1.27 bits per heavy atom. The van der Waals surface area contributed by atoms with E-state index < -0.39 is 23.1 Å².